The number of urea groups is 1. The molecule has 1 heterocycles. The number of methoxy groups -OCH3 is 1. The van der Waals surface area contributed by atoms with Crippen LogP contribution in [0.3, 0.4) is 0 Å². The number of carbonyl (C=O) groups is 3. The first kappa shape index (κ1) is 22.1. The highest BCUT2D eigenvalue weighted by molar-refractivity contribution is 6.10. The predicted octanol–water partition coefficient (Wildman–Crippen LogP) is 2.87. The Morgan fingerprint density at radius 1 is 1.16 bits per heavy atom. The van der Waals surface area contributed by atoms with Crippen molar-refractivity contribution in [3.63, 3.8) is 0 Å². The number of hydrogen-bond donors (Lipinski definition) is 2. The molecule has 1 aliphatic heterocycles. The number of nitrogens with zero attached hydrogens (tertiary/aromatic N) is 2. The Kier molecular flexibility index (Phi) is 6.19. The van der Waals surface area contributed by atoms with Crippen LogP contribution in [0.1, 0.15) is 24.5 Å². The molecular weight excluding hydrogens is 396 g/mol. The number of hydrogen-bond acceptors (Lipinski definition) is 5. The average Bonchev–Trinajstić information content (AvgIpc) is 2.99. The highest BCUT2D eigenvalue weighted by Crippen LogP contribution is 2.34. The summed E-state index contributed by atoms with van der Waals surface area (Å²) in [6, 6.07) is 12.1. The van der Waals surface area contributed by atoms with Gasteiger partial charge in [-0.3, -0.25) is 14.5 Å². The van der Waals surface area contributed by atoms with Crippen LogP contribution in [0, 0.1) is 6.92 Å². The molecule has 0 aromatic heterocycles. The van der Waals surface area contributed by atoms with Crippen LogP contribution in [-0.2, 0) is 15.1 Å². The molecule has 1 saturated heterocycles. The maximum absolute atomic E-state index is 13.3. The lowest BCUT2D eigenvalue weighted by Gasteiger charge is -2.26. The summed E-state index contributed by atoms with van der Waals surface area (Å²) in [6.45, 7) is 3.34. The van der Waals surface area contributed by atoms with E-state index in [1.165, 1.54) is 0 Å². The van der Waals surface area contributed by atoms with Crippen LogP contribution in [-0.4, -0.2) is 50.5 Å². The summed E-state index contributed by atoms with van der Waals surface area (Å²) >= 11 is 0. The third kappa shape index (κ3) is 4.19. The molecule has 8 nitrogen and oxygen atoms in total. The lowest BCUT2D eigenvalue weighted by Crippen LogP contribution is -2.44. The van der Waals surface area contributed by atoms with Crippen molar-refractivity contribution in [2.24, 2.45) is 0 Å². The van der Waals surface area contributed by atoms with E-state index in [1.54, 1.807) is 31.4 Å². The van der Waals surface area contributed by atoms with E-state index in [-0.39, 0.29) is 6.54 Å². The number of benzene rings is 2. The van der Waals surface area contributed by atoms with Crippen LogP contribution >= 0.6 is 0 Å². The summed E-state index contributed by atoms with van der Waals surface area (Å²) in [7, 11) is 5.43. The number of aryl methyl sites for hydroxylation is 1. The van der Waals surface area contributed by atoms with Gasteiger partial charge >= 0.3 is 6.03 Å². The van der Waals surface area contributed by atoms with Gasteiger partial charge in [0.2, 0.25) is 5.91 Å². The Morgan fingerprint density at radius 2 is 1.84 bits per heavy atom. The first-order valence-electron chi connectivity index (χ1n) is 10.1. The van der Waals surface area contributed by atoms with Gasteiger partial charge in [-0.05, 0) is 60.9 Å². The highest BCUT2D eigenvalue weighted by Gasteiger charge is 2.51. The zero-order valence-electron chi connectivity index (χ0n) is 18.5. The second-order valence-corrected chi connectivity index (χ2v) is 7.75. The van der Waals surface area contributed by atoms with E-state index in [0.717, 1.165) is 16.2 Å². The van der Waals surface area contributed by atoms with Crippen molar-refractivity contribution in [2.75, 3.05) is 38.0 Å². The Balaban J connectivity index is 1.77. The highest BCUT2D eigenvalue weighted by atomic mass is 16.5. The molecule has 31 heavy (non-hydrogen) atoms. The quantitative estimate of drug-likeness (QED) is 0.667. The molecule has 0 bridgehead atoms. The van der Waals surface area contributed by atoms with Crippen LogP contribution in [0.2, 0.25) is 0 Å². The molecule has 0 radical (unpaired) electrons. The molecule has 2 aromatic carbocycles. The molecule has 0 spiro atoms. The summed E-state index contributed by atoms with van der Waals surface area (Å²) in [6.07, 6.45) is 0.355. The van der Waals surface area contributed by atoms with E-state index in [1.807, 2.05) is 51.0 Å². The van der Waals surface area contributed by atoms with E-state index in [2.05, 4.69) is 10.6 Å². The van der Waals surface area contributed by atoms with E-state index >= 15 is 0 Å². The number of nitrogens with one attached hydrogen (secondary N) is 2. The first-order chi connectivity index (χ1) is 14.7. The van der Waals surface area contributed by atoms with Crippen LogP contribution < -0.4 is 20.3 Å². The van der Waals surface area contributed by atoms with Crippen molar-refractivity contribution in [3.8, 4) is 5.75 Å². The van der Waals surface area contributed by atoms with Crippen molar-refractivity contribution in [1.29, 1.82) is 0 Å². The molecule has 0 aliphatic carbocycles. The molecule has 0 saturated carbocycles. The second-order valence-electron chi connectivity index (χ2n) is 7.75. The van der Waals surface area contributed by atoms with E-state index in [9.17, 15) is 14.4 Å². The molecule has 8 heteroatoms. The fourth-order valence-corrected chi connectivity index (χ4v) is 3.74. The van der Waals surface area contributed by atoms with Crippen LogP contribution in [0.15, 0.2) is 42.5 Å². The van der Waals surface area contributed by atoms with Gasteiger partial charge in [0.15, 0.2) is 0 Å². The molecule has 1 unspecified atom stereocenters. The number of ether oxygens (including phenoxy) is 1. The van der Waals surface area contributed by atoms with Crippen LogP contribution in [0.4, 0.5) is 16.2 Å². The van der Waals surface area contributed by atoms with Gasteiger partial charge in [0.1, 0.15) is 17.8 Å². The third-order valence-electron chi connectivity index (χ3n) is 5.56. The maximum Gasteiger partial charge on any atom is 0.325 e. The minimum absolute atomic E-state index is 0.355. The lowest BCUT2D eigenvalue weighted by atomic mass is 9.86. The van der Waals surface area contributed by atoms with Gasteiger partial charge in [-0.15, -0.1) is 0 Å². The first-order valence-corrected chi connectivity index (χ1v) is 10.1. The lowest BCUT2D eigenvalue weighted by molar-refractivity contribution is -0.134. The fourth-order valence-electron chi connectivity index (χ4n) is 3.74. The molecule has 3 rings (SSSR count). The SMILES string of the molecule is CCC1(c2ccc(OC)c(C)c2)NC(=O)N(CC(=O)Nc2ccc(N(C)C)cc2)C1=O. The number of rotatable bonds is 7. The Bertz CT molecular complexity index is 1000. The molecule has 1 fully saturated rings. The Labute approximate surface area is 182 Å². The number of imide groups is 1. The summed E-state index contributed by atoms with van der Waals surface area (Å²) in [4.78, 5) is 41.4. The van der Waals surface area contributed by atoms with Gasteiger partial charge in [-0.1, -0.05) is 13.0 Å². The predicted molar refractivity (Wildman–Crippen MR) is 119 cm³/mol. The van der Waals surface area contributed by atoms with Crippen molar-refractivity contribution in [3.05, 3.63) is 53.6 Å². The zero-order chi connectivity index (χ0) is 22.8. The van der Waals surface area contributed by atoms with Crippen LogP contribution in [0.5, 0.6) is 5.75 Å². The molecular formula is C23H28N4O4. The maximum atomic E-state index is 13.3. The van der Waals surface area contributed by atoms with Crippen molar-refractivity contribution < 1.29 is 19.1 Å². The van der Waals surface area contributed by atoms with E-state index in [0.29, 0.717) is 23.4 Å². The van der Waals surface area contributed by atoms with E-state index < -0.39 is 23.4 Å². The molecule has 1 aliphatic rings. The minimum Gasteiger partial charge on any atom is -0.496 e. The Hall–Kier alpha value is -3.55. The summed E-state index contributed by atoms with van der Waals surface area (Å²) in [5, 5.41) is 5.54. The van der Waals surface area contributed by atoms with E-state index in [4.69, 9.17) is 4.74 Å². The molecule has 4 amide bonds. The summed E-state index contributed by atoms with van der Waals surface area (Å²) in [5.41, 5.74) is 1.90. The van der Waals surface area contributed by atoms with Crippen molar-refractivity contribution in [2.45, 2.75) is 25.8 Å². The standard InChI is InChI=1S/C23H28N4O4/c1-6-23(16-7-12-19(31-5)15(2)13-16)21(29)27(22(30)25-23)14-20(28)24-17-8-10-18(11-9-17)26(3)4/h7-13H,6,14H2,1-5H3,(H,24,28)(H,25,30). The second kappa shape index (κ2) is 8.67. The van der Waals surface area contributed by atoms with Gasteiger partial charge in [-0.25, -0.2) is 4.79 Å². The van der Waals surface area contributed by atoms with Gasteiger partial charge in [0, 0.05) is 25.5 Å². The number of carbonyl (C=O) groups excluding carboxylic acids is 3. The molecule has 2 N–H and O–H groups in total. The largest absolute Gasteiger partial charge is 0.496 e. The summed E-state index contributed by atoms with van der Waals surface area (Å²) in [5.74, 6) is -0.190. The van der Waals surface area contributed by atoms with Gasteiger partial charge in [0.25, 0.3) is 5.91 Å². The topological polar surface area (TPSA) is 91.0 Å². The minimum atomic E-state index is -1.21. The average molecular weight is 425 g/mol. The zero-order valence-corrected chi connectivity index (χ0v) is 18.5. The van der Waals surface area contributed by atoms with Gasteiger partial charge in [-0.2, -0.15) is 0 Å². The molecule has 164 valence electrons. The molecule has 2 aromatic rings. The summed E-state index contributed by atoms with van der Waals surface area (Å²) < 4.78 is 5.29. The van der Waals surface area contributed by atoms with Crippen LogP contribution in [0.25, 0.3) is 0 Å². The van der Waals surface area contributed by atoms with Crippen molar-refractivity contribution >= 4 is 29.2 Å². The monoisotopic (exact) mass is 424 g/mol. The van der Waals surface area contributed by atoms with Gasteiger partial charge in [0.05, 0.1) is 7.11 Å². The number of amides is 4. The normalized spacial score (nSPS) is 18.0. The third-order valence-corrected chi connectivity index (χ3v) is 5.56. The smallest absolute Gasteiger partial charge is 0.325 e. The fraction of sp³-hybridized carbons (Fsp3) is 0.348. The van der Waals surface area contributed by atoms with Crippen molar-refractivity contribution in [1.82, 2.24) is 10.2 Å². The Morgan fingerprint density at radius 3 is 2.39 bits per heavy atom. The van der Waals surface area contributed by atoms with Gasteiger partial charge < -0.3 is 20.3 Å². The number of anilines is 2. The molecule has 1 atom stereocenters.